The number of aromatic nitrogens is 1. The largest absolute Gasteiger partial charge is 0.382 e. The van der Waals surface area contributed by atoms with E-state index in [-0.39, 0.29) is 10.7 Å². The number of rotatable bonds is 9. The summed E-state index contributed by atoms with van der Waals surface area (Å²) in [7, 11) is -3.35. The highest BCUT2D eigenvalue weighted by atomic mass is 32.2. The van der Waals surface area contributed by atoms with Crippen LogP contribution in [-0.4, -0.2) is 38.8 Å². The van der Waals surface area contributed by atoms with Gasteiger partial charge in [0.25, 0.3) is 0 Å². The maximum absolute atomic E-state index is 11.6. The van der Waals surface area contributed by atoms with Crippen LogP contribution in [0.3, 0.4) is 0 Å². The molecule has 0 amide bonds. The molecule has 0 aliphatic carbocycles. The first kappa shape index (κ1) is 16.2. The van der Waals surface area contributed by atoms with Crippen molar-refractivity contribution in [2.75, 3.05) is 37.1 Å². The molecule has 1 rings (SSSR count). The number of anilines is 2. The van der Waals surface area contributed by atoms with Gasteiger partial charge in [0, 0.05) is 26.0 Å². The molecule has 8 heteroatoms. The second-order valence-electron chi connectivity index (χ2n) is 4.24. The molecule has 0 spiro atoms. The number of unbranched alkanes of at least 4 members (excludes halogenated alkanes) is 1. The molecule has 0 aliphatic heterocycles. The predicted molar refractivity (Wildman–Crippen MR) is 78.5 cm³/mol. The molecule has 19 heavy (non-hydrogen) atoms. The molecule has 0 radical (unpaired) electrons. The van der Waals surface area contributed by atoms with Gasteiger partial charge in [-0.05, 0) is 24.4 Å². The molecule has 0 aliphatic rings. The van der Waals surface area contributed by atoms with Gasteiger partial charge >= 0.3 is 0 Å². The third kappa shape index (κ3) is 5.33. The van der Waals surface area contributed by atoms with Crippen molar-refractivity contribution in [3.63, 3.8) is 0 Å². The Balaban J connectivity index is 2.38. The lowest BCUT2D eigenvalue weighted by Gasteiger charge is -2.06. The summed E-state index contributed by atoms with van der Waals surface area (Å²) >= 11 is 1.07. The molecule has 0 atom stereocenters. The van der Waals surface area contributed by atoms with Crippen LogP contribution in [0.25, 0.3) is 0 Å². The van der Waals surface area contributed by atoms with E-state index >= 15 is 0 Å². The number of hydrogen-bond donors (Lipinski definition) is 2. The van der Waals surface area contributed by atoms with Gasteiger partial charge in [0.15, 0.2) is 15.7 Å². The summed E-state index contributed by atoms with van der Waals surface area (Å²) in [5.74, 6) is 0.0641. The molecular weight excluding hydrogens is 286 g/mol. The van der Waals surface area contributed by atoms with E-state index in [0.717, 1.165) is 43.7 Å². The summed E-state index contributed by atoms with van der Waals surface area (Å²) < 4.78 is 32.4. The SMILES string of the molecule is CCCCOCCCNc1snc(N)c1S(C)(=O)=O. The molecule has 1 aromatic rings. The molecule has 110 valence electrons. The quantitative estimate of drug-likeness (QED) is 0.675. The summed E-state index contributed by atoms with van der Waals surface area (Å²) in [4.78, 5) is 0.101. The molecule has 3 N–H and O–H groups in total. The van der Waals surface area contributed by atoms with Crippen molar-refractivity contribution in [3.8, 4) is 0 Å². The summed E-state index contributed by atoms with van der Waals surface area (Å²) in [6.07, 6.45) is 4.13. The maximum atomic E-state index is 11.6. The lowest BCUT2D eigenvalue weighted by atomic mass is 10.4. The Bertz CT molecular complexity index is 485. The minimum atomic E-state index is -3.35. The Morgan fingerprint density at radius 2 is 2.05 bits per heavy atom. The Labute approximate surface area is 118 Å². The highest BCUT2D eigenvalue weighted by Gasteiger charge is 2.20. The van der Waals surface area contributed by atoms with E-state index < -0.39 is 9.84 Å². The lowest BCUT2D eigenvalue weighted by Crippen LogP contribution is -2.09. The topological polar surface area (TPSA) is 94.3 Å². The lowest BCUT2D eigenvalue weighted by molar-refractivity contribution is 0.131. The number of nitrogens with zero attached hydrogens (tertiary/aromatic N) is 1. The fourth-order valence-electron chi connectivity index (χ4n) is 1.49. The first-order chi connectivity index (χ1) is 8.96. The van der Waals surface area contributed by atoms with Gasteiger partial charge < -0.3 is 15.8 Å². The van der Waals surface area contributed by atoms with Gasteiger partial charge in [-0.2, -0.15) is 4.37 Å². The highest BCUT2D eigenvalue weighted by molar-refractivity contribution is 7.91. The number of ether oxygens (including phenoxy) is 1. The zero-order valence-electron chi connectivity index (χ0n) is 11.3. The molecule has 1 heterocycles. The number of nitrogen functional groups attached to an aromatic ring is 1. The summed E-state index contributed by atoms with van der Waals surface area (Å²) in [5, 5.41) is 3.56. The van der Waals surface area contributed by atoms with Crippen molar-refractivity contribution in [1.29, 1.82) is 0 Å². The summed E-state index contributed by atoms with van der Waals surface area (Å²) in [6.45, 7) is 4.19. The standard InChI is InChI=1S/C11H21N3O3S2/c1-3-4-7-17-8-5-6-13-11-9(19(2,15)16)10(12)14-18-11/h13H,3-8H2,1-2H3,(H2,12,14). The maximum Gasteiger partial charge on any atom is 0.182 e. The minimum absolute atomic E-state index is 0.0641. The molecular formula is C11H21N3O3S2. The number of nitrogens with two attached hydrogens (primary N) is 1. The van der Waals surface area contributed by atoms with Crippen LogP contribution in [0.15, 0.2) is 4.90 Å². The van der Waals surface area contributed by atoms with Crippen LogP contribution < -0.4 is 11.1 Å². The van der Waals surface area contributed by atoms with E-state index in [2.05, 4.69) is 16.6 Å². The fourth-order valence-corrected chi connectivity index (χ4v) is 3.58. The minimum Gasteiger partial charge on any atom is -0.382 e. The van der Waals surface area contributed by atoms with Gasteiger partial charge in [0.2, 0.25) is 0 Å². The van der Waals surface area contributed by atoms with Crippen LogP contribution in [0.5, 0.6) is 0 Å². The average molecular weight is 307 g/mol. The third-order valence-electron chi connectivity index (χ3n) is 2.44. The van der Waals surface area contributed by atoms with Crippen LogP contribution in [0.1, 0.15) is 26.2 Å². The summed E-state index contributed by atoms with van der Waals surface area (Å²) in [6, 6.07) is 0. The number of hydrogen-bond acceptors (Lipinski definition) is 7. The van der Waals surface area contributed by atoms with Crippen LogP contribution in [-0.2, 0) is 14.6 Å². The molecule has 0 unspecified atom stereocenters. The van der Waals surface area contributed by atoms with E-state index in [9.17, 15) is 8.42 Å². The number of nitrogens with one attached hydrogen (secondary N) is 1. The molecule has 0 saturated heterocycles. The smallest absolute Gasteiger partial charge is 0.182 e. The molecule has 0 fully saturated rings. The van der Waals surface area contributed by atoms with Crippen molar-refractivity contribution >= 4 is 32.2 Å². The van der Waals surface area contributed by atoms with Crippen LogP contribution in [0.4, 0.5) is 10.8 Å². The van der Waals surface area contributed by atoms with E-state index in [1.165, 1.54) is 0 Å². The van der Waals surface area contributed by atoms with Crippen LogP contribution in [0.2, 0.25) is 0 Å². The molecule has 0 bridgehead atoms. The second kappa shape index (κ2) is 7.66. The third-order valence-corrected chi connectivity index (χ3v) is 4.54. The fraction of sp³-hybridized carbons (Fsp3) is 0.727. The first-order valence-electron chi connectivity index (χ1n) is 6.23. The molecule has 6 nitrogen and oxygen atoms in total. The molecule has 0 saturated carbocycles. The second-order valence-corrected chi connectivity index (χ2v) is 6.97. The van der Waals surface area contributed by atoms with Crippen molar-refractivity contribution in [1.82, 2.24) is 4.37 Å². The van der Waals surface area contributed by atoms with E-state index in [1.54, 1.807) is 0 Å². The average Bonchev–Trinajstić information content (AvgIpc) is 2.69. The van der Waals surface area contributed by atoms with Gasteiger partial charge in [0.1, 0.15) is 9.90 Å². The Hall–Kier alpha value is -0.860. The zero-order valence-corrected chi connectivity index (χ0v) is 12.9. The van der Waals surface area contributed by atoms with Crippen molar-refractivity contribution in [3.05, 3.63) is 0 Å². The predicted octanol–water partition coefficient (Wildman–Crippen LogP) is 1.75. The highest BCUT2D eigenvalue weighted by Crippen LogP contribution is 2.31. The van der Waals surface area contributed by atoms with Crippen LogP contribution >= 0.6 is 11.5 Å². The summed E-state index contributed by atoms with van der Waals surface area (Å²) in [5.41, 5.74) is 5.57. The Morgan fingerprint density at radius 1 is 1.37 bits per heavy atom. The van der Waals surface area contributed by atoms with Crippen molar-refractivity contribution in [2.45, 2.75) is 31.1 Å². The molecule has 0 aromatic carbocycles. The molecule has 1 aromatic heterocycles. The first-order valence-corrected chi connectivity index (χ1v) is 8.90. The van der Waals surface area contributed by atoms with Crippen molar-refractivity contribution in [2.24, 2.45) is 0 Å². The Morgan fingerprint density at radius 3 is 2.68 bits per heavy atom. The zero-order chi connectivity index (χ0) is 14.3. The van der Waals surface area contributed by atoms with Gasteiger partial charge in [0.05, 0.1) is 0 Å². The van der Waals surface area contributed by atoms with Gasteiger partial charge in [-0.25, -0.2) is 8.42 Å². The van der Waals surface area contributed by atoms with Crippen LogP contribution in [0, 0.1) is 0 Å². The normalized spacial score (nSPS) is 11.7. The van der Waals surface area contributed by atoms with E-state index in [1.807, 2.05) is 0 Å². The van der Waals surface area contributed by atoms with Crippen molar-refractivity contribution < 1.29 is 13.2 Å². The van der Waals surface area contributed by atoms with E-state index in [4.69, 9.17) is 10.5 Å². The van der Waals surface area contributed by atoms with E-state index in [0.29, 0.717) is 18.2 Å². The van der Waals surface area contributed by atoms with Gasteiger partial charge in [-0.1, -0.05) is 13.3 Å². The van der Waals surface area contributed by atoms with Gasteiger partial charge in [-0.15, -0.1) is 0 Å². The van der Waals surface area contributed by atoms with Gasteiger partial charge in [-0.3, -0.25) is 0 Å². The number of sulfone groups is 1. The Kier molecular flexibility index (Phi) is 6.53. The monoisotopic (exact) mass is 307 g/mol.